The van der Waals surface area contributed by atoms with Crippen molar-refractivity contribution < 1.29 is 28.6 Å². The summed E-state index contributed by atoms with van der Waals surface area (Å²) in [4.78, 5) is 28.8. The first kappa shape index (κ1) is 23.9. The van der Waals surface area contributed by atoms with E-state index in [9.17, 15) is 14.7 Å². The molecule has 3 aromatic rings. The Labute approximate surface area is 197 Å². The molecule has 2 aromatic heterocycles. The molecule has 0 bridgehead atoms. The second kappa shape index (κ2) is 8.51. The van der Waals surface area contributed by atoms with Crippen LogP contribution in [0.4, 0.5) is 4.39 Å². The lowest BCUT2D eigenvalue weighted by Gasteiger charge is -2.29. The van der Waals surface area contributed by atoms with Crippen LogP contribution in [0.1, 0.15) is 66.2 Å². The van der Waals surface area contributed by atoms with E-state index >= 15 is 4.39 Å². The van der Waals surface area contributed by atoms with Gasteiger partial charge in [0.1, 0.15) is 5.65 Å². The lowest BCUT2D eigenvalue weighted by atomic mass is 9.86. The summed E-state index contributed by atoms with van der Waals surface area (Å²) < 4.78 is 28.5. The number of carbonyl (C=O) groups is 2. The summed E-state index contributed by atoms with van der Waals surface area (Å²) in [6.45, 7) is 9.38. The second-order valence-electron chi connectivity index (χ2n) is 9.71. The largest absolute Gasteiger partial charge is 0.490 e. The van der Waals surface area contributed by atoms with E-state index in [-0.39, 0.29) is 5.75 Å². The number of aldehydes is 1. The minimum absolute atomic E-state index is 0.249. The molecule has 0 saturated heterocycles. The highest BCUT2D eigenvalue weighted by molar-refractivity contribution is 6.01. The SMILES string of the molecule is Cc1nc2c(cc(C=O)n2C)c(-c2cc(F)c3c(c2C)CCCO3)c1C(OC(C)(C)C)C(=O)O. The molecule has 0 fully saturated rings. The molecule has 1 aliphatic rings. The fraction of sp³-hybridized carbons (Fsp3) is 0.423. The molecule has 7 nitrogen and oxygen atoms in total. The smallest absolute Gasteiger partial charge is 0.337 e. The van der Waals surface area contributed by atoms with E-state index in [4.69, 9.17) is 9.47 Å². The third-order valence-corrected chi connectivity index (χ3v) is 6.22. The van der Waals surface area contributed by atoms with Crippen LogP contribution in [0.25, 0.3) is 22.2 Å². The number of aryl methyl sites for hydroxylation is 2. The van der Waals surface area contributed by atoms with Crippen LogP contribution in [0.15, 0.2) is 12.1 Å². The lowest BCUT2D eigenvalue weighted by Crippen LogP contribution is -2.28. The highest BCUT2D eigenvalue weighted by Crippen LogP contribution is 2.44. The topological polar surface area (TPSA) is 90.7 Å². The Bertz CT molecular complexity index is 1320. The molecular weight excluding hydrogens is 439 g/mol. The molecule has 4 rings (SSSR count). The Morgan fingerprint density at radius 1 is 1.32 bits per heavy atom. The van der Waals surface area contributed by atoms with Gasteiger partial charge in [0.15, 0.2) is 24.0 Å². The number of carboxylic acids is 1. The summed E-state index contributed by atoms with van der Waals surface area (Å²) >= 11 is 0. The van der Waals surface area contributed by atoms with Gasteiger partial charge in [-0.15, -0.1) is 0 Å². The summed E-state index contributed by atoms with van der Waals surface area (Å²) in [7, 11) is 1.72. The minimum Gasteiger partial charge on any atom is -0.490 e. The maximum Gasteiger partial charge on any atom is 0.337 e. The molecule has 1 aliphatic heterocycles. The Morgan fingerprint density at radius 2 is 2.03 bits per heavy atom. The maximum absolute atomic E-state index is 15.3. The van der Waals surface area contributed by atoms with E-state index < -0.39 is 23.5 Å². The van der Waals surface area contributed by atoms with Gasteiger partial charge in [-0.2, -0.15) is 0 Å². The third-order valence-electron chi connectivity index (χ3n) is 6.22. The average molecular weight is 469 g/mol. The summed E-state index contributed by atoms with van der Waals surface area (Å²) in [5.74, 6) is -1.43. The Hall–Kier alpha value is -3.26. The van der Waals surface area contributed by atoms with Crippen LogP contribution in [-0.4, -0.2) is 39.1 Å². The van der Waals surface area contributed by atoms with Crippen molar-refractivity contribution in [3.05, 3.63) is 46.0 Å². The zero-order valence-corrected chi connectivity index (χ0v) is 20.3. The normalized spacial score (nSPS) is 14.6. The molecule has 180 valence electrons. The van der Waals surface area contributed by atoms with E-state index in [0.29, 0.717) is 52.1 Å². The number of hydrogen-bond donors (Lipinski definition) is 1. The van der Waals surface area contributed by atoms with Gasteiger partial charge in [-0.25, -0.2) is 14.2 Å². The number of carbonyl (C=O) groups excluding carboxylic acids is 1. The number of hydrogen-bond acceptors (Lipinski definition) is 5. The molecule has 1 unspecified atom stereocenters. The van der Waals surface area contributed by atoms with Crippen molar-refractivity contribution in [2.45, 2.75) is 59.2 Å². The highest BCUT2D eigenvalue weighted by atomic mass is 19.1. The number of fused-ring (bicyclic) bond motifs is 2. The number of carboxylic acid groups (broad SMARTS) is 1. The van der Waals surface area contributed by atoms with E-state index in [0.717, 1.165) is 23.8 Å². The molecule has 0 aliphatic carbocycles. The van der Waals surface area contributed by atoms with Gasteiger partial charge in [0, 0.05) is 34.8 Å². The number of ether oxygens (including phenoxy) is 2. The van der Waals surface area contributed by atoms with Crippen LogP contribution in [0.2, 0.25) is 0 Å². The van der Waals surface area contributed by atoms with Gasteiger partial charge in [-0.1, -0.05) is 0 Å². The van der Waals surface area contributed by atoms with Crippen molar-refractivity contribution in [1.82, 2.24) is 9.55 Å². The molecule has 8 heteroatoms. The van der Waals surface area contributed by atoms with E-state index in [1.165, 1.54) is 6.07 Å². The molecule has 0 saturated carbocycles. The summed E-state index contributed by atoms with van der Waals surface area (Å²) in [6, 6.07) is 3.05. The van der Waals surface area contributed by atoms with Crippen molar-refractivity contribution in [2.24, 2.45) is 7.05 Å². The number of halogens is 1. The number of benzene rings is 1. The zero-order chi connectivity index (χ0) is 24.9. The Kier molecular flexibility index (Phi) is 5.97. The lowest BCUT2D eigenvalue weighted by molar-refractivity contribution is -0.160. The van der Waals surface area contributed by atoms with Crippen LogP contribution < -0.4 is 4.74 Å². The first-order valence-corrected chi connectivity index (χ1v) is 11.3. The van der Waals surface area contributed by atoms with Gasteiger partial charge in [-0.05, 0) is 70.7 Å². The first-order chi connectivity index (χ1) is 15.9. The van der Waals surface area contributed by atoms with Crippen LogP contribution in [0.5, 0.6) is 5.75 Å². The fourth-order valence-electron chi connectivity index (χ4n) is 4.70. The van der Waals surface area contributed by atoms with Gasteiger partial charge in [0.25, 0.3) is 0 Å². The number of pyridine rings is 1. The van der Waals surface area contributed by atoms with Crippen LogP contribution in [-0.2, 0) is 23.0 Å². The first-order valence-electron chi connectivity index (χ1n) is 11.3. The molecule has 1 N–H and O–H groups in total. The Morgan fingerprint density at radius 3 is 2.65 bits per heavy atom. The molecule has 1 aromatic carbocycles. The summed E-state index contributed by atoms with van der Waals surface area (Å²) in [5, 5.41) is 10.7. The van der Waals surface area contributed by atoms with Crippen molar-refractivity contribution >= 4 is 23.3 Å². The number of rotatable bonds is 5. The minimum atomic E-state index is -1.35. The van der Waals surface area contributed by atoms with Crippen molar-refractivity contribution in [3.8, 4) is 16.9 Å². The monoisotopic (exact) mass is 468 g/mol. The van der Waals surface area contributed by atoms with Crippen LogP contribution >= 0.6 is 0 Å². The standard InChI is InChI=1S/C26H29FN2O5/c1-13-16-8-7-9-33-22(16)19(27)11-17(13)21-18-10-15(12-30)29(6)24(18)28-14(2)20(21)23(25(31)32)34-26(3,4)5/h10-12,23H,7-9H2,1-6H3,(H,31,32). The molecule has 34 heavy (non-hydrogen) atoms. The predicted molar refractivity (Wildman–Crippen MR) is 126 cm³/mol. The second-order valence-corrected chi connectivity index (χ2v) is 9.71. The summed E-state index contributed by atoms with van der Waals surface area (Å²) in [6.07, 6.45) is 0.792. The average Bonchev–Trinajstić information content (AvgIpc) is 3.08. The number of aromatic nitrogens is 2. The van der Waals surface area contributed by atoms with Crippen LogP contribution in [0, 0.1) is 19.7 Å². The van der Waals surface area contributed by atoms with Crippen molar-refractivity contribution in [3.63, 3.8) is 0 Å². The third kappa shape index (κ3) is 3.96. The Balaban J connectivity index is 2.15. The number of nitrogens with zero attached hydrogens (tertiary/aromatic N) is 2. The summed E-state index contributed by atoms with van der Waals surface area (Å²) in [5.41, 5.74) is 3.52. The molecule has 1 atom stereocenters. The van der Waals surface area contributed by atoms with E-state index in [1.54, 1.807) is 45.4 Å². The van der Waals surface area contributed by atoms with E-state index in [2.05, 4.69) is 4.98 Å². The quantitative estimate of drug-likeness (QED) is 0.526. The number of aliphatic carboxylic acids is 1. The van der Waals surface area contributed by atoms with Crippen molar-refractivity contribution in [1.29, 1.82) is 0 Å². The molecule has 0 spiro atoms. The van der Waals surface area contributed by atoms with Crippen LogP contribution in [0.3, 0.4) is 0 Å². The van der Waals surface area contributed by atoms with Gasteiger partial charge >= 0.3 is 5.97 Å². The zero-order valence-electron chi connectivity index (χ0n) is 20.3. The molecular formula is C26H29FN2O5. The molecule has 0 radical (unpaired) electrons. The maximum atomic E-state index is 15.3. The molecule has 3 heterocycles. The fourth-order valence-corrected chi connectivity index (χ4v) is 4.70. The van der Waals surface area contributed by atoms with Gasteiger partial charge in [0.2, 0.25) is 0 Å². The van der Waals surface area contributed by atoms with Crippen molar-refractivity contribution in [2.75, 3.05) is 6.61 Å². The highest BCUT2D eigenvalue weighted by Gasteiger charge is 2.34. The van der Waals surface area contributed by atoms with Gasteiger partial charge in [0.05, 0.1) is 17.9 Å². The van der Waals surface area contributed by atoms with Gasteiger partial charge in [-0.3, -0.25) is 4.79 Å². The van der Waals surface area contributed by atoms with E-state index in [1.807, 2.05) is 6.92 Å². The molecule has 0 amide bonds. The predicted octanol–water partition coefficient (Wildman–Crippen LogP) is 5.07. The van der Waals surface area contributed by atoms with Gasteiger partial charge < -0.3 is 19.1 Å².